The molecule has 0 aliphatic heterocycles. The number of carbonyl (C=O) groups is 2. The Morgan fingerprint density at radius 2 is 1.77 bits per heavy atom. The maximum Gasteiger partial charge on any atom is 0.305 e. The van der Waals surface area contributed by atoms with Gasteiger partial charge in [0.15, 0.2) is 11.5 Å². The summed E-state index contributed by atoms with van der Waals surface area (Å²) >= 11 is 0. The number of hydrogen-bond donors (Lipinski definition) is 5. The maximum atomic E-state index is 14.0. The Bertz CT molecular complexity index is 1890. The molecule has 2 aromatic rings. The number of hydrogen-bond acceptors (Lipinski definition) is 13. The lowest BCUT2D eigenvalue weighted by Crippen LogP contribution is -2.56. The van der Waals surface area contributed by atoms with E-state index in [-0.39, 0.29) is 64.6 Å². The molecule has 1 aromatic carbocycles. The Morgan fingerprint density at radius 1 is 1.03 bits per heavy atom. The summed E-state index contributed by atoms with van der Waals surface area (Å²) in [6.45, 7) is 9.78. The monoisotopic (exact) mass is 852 g/mol. The average molecular weight is 852 g/mol. The summed E-state index contributed by atoms with van der Waals surface area (Å²) in [5.41, 5.74) is 14.7. The minimum atomic E-state index is -0.668. The van der Waals surface area contributed by atoms with Crippen molar-refractivity contribution in [3.63, 3.8) is 0 Å². The molecule has 4 aliphatic carbocycles. The lowest BCUT2D eigenvalue weighted by Gasteiger charge is -2.61. The first kappa shape index (κ1) is 45.8. The van der Waals surface area contributed by atoms with Crippen molar-refractivity contribution in [2.75, 3.05) is 51.4 Å². The molecule has 1 amide bonds. The molecule has 19 heteroatoms. The summed E-state index contributed by atoms with van der Waals surface area (Å²) in [7, 11) is 0. The topological polar surface area (TPSA) is 279 Å². The molecule has 10 atom stereocenters. The summed E-state index contributed by atoms with van der Waals surface area (Å²) < 4.78 is 21.1. The van der Waals surface area contributed by atoms with Crippen molar-refractivity contribution >= 4 is 40.2 Å². The quantitative estimate of drug-likeness (QED) is 0.00959. The summed E-state index contributed by atoms with van der Waals surface area (Å²) in [5.74, 6) is 3.15. The van der Waals surface area contributed by atoms with Gasteiger partial charge in [0.05, 0.1) is 37.0 Å². The van der Waals surface area contributed by atoms with Crippen molar-refractivity contribution in [2.45, 2.75) is 116 Å². The number of aromatic nitrogens is 2. The average Bonchev–Trinajstić information content (AvgIpc) is 3.87. The Hall–Kier alpha value is -4.74. The minimum absolute atomic E-state index is 0.0115. The van der Waals surface area contributed by atoms with Gasteiger partial charge in [-0.1, -0.05) is 25.9 Å². The van der Waals surface area contributed by atoms with Gasteiger partial charge < -0.3 is 35.9 Å². The van der Waals surface area contributed by atoms with E-state index in [0.717, 1.165) is 32.1 Å². The third-order valence-electron chi connectivity index (χ3n) is 15.1. The zero-order valence-corrected chi connectivity index (χ0v) is 35.9. The van der Waals surface area contributed by atoms with Crippen LogP contribution in [0.2, 0.25) is 0 Å². The van der Waals surface area contributed by atoms with Crippen LogP contribution in [0.1, 0.15) is 104 Å². The van der Waals surface area contributed by atoms with Crippen molar-refractivity contribution in [3.05, 3.63) is 32.7 Å². The number of nitrogens with two attached hydrogens (primary N) is 1. The van der Waals surface area contributed by atoms with Crippen LogP contribution in [-0.4, -0.2) is 91.3 Å². The van der Waals surface area contributed by atoms with Crippen molar-refractivity contribution in [1.82, 2.24) is 20.9 Å². The summed E-state index contributed by atoms with van der Waals surface area (Å²) in [5, 5.41) is 39.6. The molecule has 61 heavy (non-hydrogen) atoms. The smallest absolute Gasteiger partial charge is 0.305 e. The molecule has 0 bridgehead atoms. The second-order valence-electron chi connectivity index (χ2n) is 18.3. The number of esters is 1. The van der Waals surface area contributed by atoms with Gasteiger partial charge in [-0.2, -0.15) is 0 Å². The number of non-ortho nitro benzene ring substituents is 1. The fraction of sp³-hybridized carbons (Fsp3) is 0.786. The van der Waals surface area contributed by atoms with Gasteiger partial charge in [-0.3, -0.25) is 25.1 Å². The van der Waals surface area contributed by atoms with Crippen LogP contribution in [0, 0.1) is 61.9 Å². The van der Waals surface area contributed by atoms with Crippen LogP contribution in [0.4, 0.5) is 11.4 Å². The number of azide groups is 1. The second-order valence-corrected chi connectivity index (χ2v) is 18.3. The fourth-order valence-electron chi connectivity index (χ4n) is 12.1. The maximum absolute atomic E-state index is 14.0. The van der Waals surface area contributed by atoms with Gasteiger partial charge in [0.2, 0.25) is 11.4 Å². The van der Waals surface area contributed by atoms with Gasteiger partial charge in [0.1, 0.15) is 12.6 Å². The third-order valence-corrected chi connectivity index (χ3v) is 15.1. The normalized spacial score (nSPS) is 28.9. The molecule has 1 heterocycles. The first-order valence-corrected chi connectivity index (χ1v) is 22.2. The second kappa shape index (κ2) is 20.9. The predicted octanol–water partition coefficient (Wildman–Crippen LogP) is 6.62. The van der Waals surface area contributed by atoms with Crippen molar-refractivity contribution in [2.24, 2.45) is 57.2 Å². The Balaban J connectivity index is 0.988. The molecule has 4 fully saturated rings. The number of nitrogens with one attached hydrogen (secondary N) is 4. The Morgan fingerprint density at radius 3 is 2.54 bits per heavy atom. The fourth-order valence-corrected chi connectivity index (χ4v) is 12.1. The number of benzene rings is 1. The number of carbonyl (C=O) groups excluding carboxylic acids is 2. The molecule has 336 valence electrons. The molecular weight excluding hydrogens is 787 g/mol. The number of guanidine groups is 1. The number of rotatable bonds is 22. The molecule has 0 spiro atoms. The van der Waals surface area contributed by atoms with E-state index in [1.165, 1.54) is 44.2 Å². The van der Waals surface area contributed by atoms with Crippen LogP contribution < -0.4 is 21.7 Å². The number of nitrogens with zero attached hydrogens (tertiary/aromatic N) is 6. The van der Waals surface area contributed by atoms with Gasteiger partial charge in [0.25, 0.3) is 0 Å². The van der Waals surface area contributed by atoms with Gasteiger partial charge in [-0.05, 0) is 145 Å². The molecular formula is C42H65N11O8. The van der Waals surface area contributed by atoms with Crippen molar-refractivity contribution < 1.29 is 33.4 Å². The van der Waals surface area contributed by atoms with E-state index >= 15 is 0 Å². The van der Waals surface area contributed by atoms with E-state index < -0.39 is 11.0 Å². The van der Waals surface area contributed by atoms with Crippen LogP contribution in [0.3, 0.4) is 0 Å². The van der Waals surface area contributed by atoms with E-state index in [4.69, 9.17) is 35.5 Å². The lowest BCUT2D eigenvalue weighted by atomic mass is 9.44. The molecule has 19 nitrogen and oxygen atoms in total. The highest BCUT2D eigenvalue weighted by Gasteiger charge is 2.60. The van der Waals surface area contributed by atoms with Crippen molar-refractivity contribution in [3.8, 4) is 0 Å². The molecule has 1 aromatic heterocycles. The zero-order valence-electron chi connectivity index (χ0n) is 35.9. The summed E-state index contributed by atoms with van der Waals surface area (Å²) in [6, 6.07) is 2.23. The molecule has 6 N–H and O–H groups in total. The third kappa shape index (κ3) is 10.8. The lowest BCUT2D eigenvalue weighted by molar-refractivity contribution is -0.383. The molecule has 5 unspecified atom stereocenters. The Labute approximate surface area is 356 Å². The summed E-state index contributed by atoms with van der Waals surface area (Å²) in [6.07, 6.45) is 12.4. The highest BCUT2D eigenvalue weighted by molar-refractivity contribution is 5.95. The highest BCUT2D eigenvalue weighted by Crippen LogP contribution is 2.68. The number of nitro benzene ring substituents is 1. The molecule has 4 saturated carbocycles. The van der Waals surface area contributed by atoms with Crippen LogP contribution in [0.15, 0.2) is 21.9 Å². The van der Waals surface area contributed by atoms with Gasteiger partial charge in [-0.25, -0.2) is 4.63 Å². The number of nitro groups is 1. The first-order chi connectivity index (χ1) is 29.4. The van der Waals surface area contributed by atoms with E-state index in [9.17, 15) is 19.7 Å². The van der Waals surface area contributed by atoms with Crippen LogP contribution in [0.5, 0.6) is 0 Å². The van der Waals surface area contributed by atoms with Crippen LogP contribution in [-0.2, 0) is 23.8 Å². The predicted molar refractivity (Wildman–Crippen MR) is 227 cm³/mol. The number of amides is 1. The Kier molecular flexibility index (Phi) is 15.7. The minimum Gasteiger partial charge on any atom is -0.463 e. The largest absolute Gasteiger partial charge is 0.463 e. The highest BCUT2D eigenvalue weighted by atomic mass is 16.6. The van der Waals surface area contributed by atoms with Crippen molar-refractivity contribution in [1.29, 1.82) is 5.41 Å². The van der Waals surface area contributed by atoms with E-state index in [1.54, 1.807) is 0 Å². The van der Waals surface area contributed by atoms with E-state index in [2.05, 4.69) is 57.1 Å². The number of fused-ring (bicyclic) bond motifs is 6. The molecule has 6 rings (SSSR count). The van der Waals surface area contributed by atoms with Crippen LogP contribution in [0.25, 0.3) is 21.5 Å². The summed E-state index contributed by atoms with van der Waals surface area (Å²) in [4.78, 5) is 40.4. The molecule has 0 saturated heterocycles. The standard InChI is InChI=1S/C42H65N11O8/c1-26(6-13-36(54)60-24-23-59-22-21-58-20-19-47-52-45)30-9-10-31-29-8-7-27-25-28(14-16-41(27,2)32(29)15-17-42(30,31)3)48-39(55)34(5-4-18-46-40(43)44)49-33-11-12-35(53(56)57)38-37(33)50-61-51-38/h11-12,26-32,34,49H,4-10,13-25H2,1-3H3,(H,48,55)(H4,43,44,46)/t26-,27-,28-,29?,30?,31?,32?,34?,41+,42-/m1/s1. The SMILES string of the molecule is C[C@H](CCC(=O)OCCOCCOCCN=[N+]=[N-])C1CCC2C3CC[C@@H]4C[C@H](NC(=O)C(CCCNC(=N)N)Nc5ccc([N+](=O)[O-])c6nonc56)CC[C@]4(C)C3CC[C@@]21C. The zero-order chi connectivity index (χ0) is 43.6. The number of anilines is 1. The number of ether oxygens (including phenoxy) is 3. The first-order valence-electron chi connectivity index (χ1n) is 22.2. The van der Waals surface area contributed by atoms with E-state index in [0.29, 0.717) is 93.4 Å². The van der Waals surface area contributed by atoms with Crippen LogP contribution >= 0.6 is 0 Å². The van der Waals surface area contributed by atoms with Gasteiger partial charge in [0, 0.05) is 36.5 Å². The van der Waals surface area contributed by atoms with E-state index in [1.807, 2.05) is 0 Å². The molecule has 4 aliphatic rings. The molecule has 0 radical (unpaired) electrons. The van der Waals surface area contributed by atoms with Gasteiger partial charge >= 0.3 is 11.7 Å². The van der Waals surface area contributed by atoms with Gasteiger partial charge in [-0.15, -0.1) is 0 Å².